The van der Waals surface area contributed by atoms with Gasteiger partial charge in [-0.25, -0.2) is 0 Å². The molecule has 4 aromatic carbocycles. The average molecular weight is 518 g/mol. The molecule has 0 N–H and O–H groups in total. The van der Waals surface area contributed by atoms with E-state index in [1.807, 2.05) is 66.7 Å². The molecule has 0 bridgehead atoms. The Morgan fingerprint density at radius 1 is 0.778 bits per heavy atom. The van der Waals surface area contributed by atoms with Crippen LogP contribution in [0.3, 0.4) is 0 Å². The summed E-state index contributed by atoms with van der Waals surface area (Å²) >= 11 is 12.9. The maximum atomic E-state index is 14.0. The Morgan fingerprint density at radius 3 is 1.97 bits per heavy atom. The third-order valence-corrected chi connectivity index (χ3v) is 6.78. The number of anilines is 1. The van der Waals surface area contributed by atoms with Crippen LogP contribution in [0.2, 0.25) is 10.0 Å². The van der Waals surface area contributed by atoms with E-state index in [9.17, 15) is 14.9 Å². The highest BCUT2D eigenvalue weighted by Gasteiger charge is 2.40. The topological polar surface area (TPSA) is 66.7 Å². The zero-order valence-electron chi connectivity index (χ0n) is 19.1. The first kappa shape index (κ1) is 23.9. The van der Waals surface area contributed by atoms with E-state index in [4.69, 9.17) is 23.2 Å². The molecule has 1 aliphatic rings. The number of hydrogen-bond acceptors (Lipinski definition) is 4. The molecule has 1 aliphatic heterocycles. The van der Waals surface area contributed by atoms with Gasteiger partial charge in [0.25, 0.3) is 11.6 Å². The van der Waals surface area contributed by atoms with Gasteiger partial charge in [-0.2, -0.15) is 0 Å². The summed E-state index contributed by atoms with van der Waals surface area (Å²) < 4.78 is 0. The van der Waals surface area contributed by atoms with E-state index in [0.717, 1.165) is 11.1 Å². The van der Waals surface area contributed by atoms with Crippen LogP contribution in [0, 0.1) is 10.1 Å². The summed E-state index contributed by atoms with van der Waals surface area (Å²) in [7, 11) is 0. The van der Waals surface area contributed by atoms with Gasteiger partial charge in [0, 0.05) is 40.8 Å². The molecule has 0 fully saturated rings. The molecule has 1 atom stereocenters. The highest BCUT2D eigenvalue weighted by molar-refractivity contribution is 6.35. The molecule has 0 aliphatic carbocycles. The van der Waals surface area contributed by atoms with Crippen LogP contribution in [0.15, 0.2) is 97.1 Å². The molecular weight excluding hydrogens is 497 g/mol. The smallest absolute Gasteiger partial charge is 0.270 e. The largest absolute Gasteiger partial charge is 0.342 e. The first-order valence-corrected chi connectivity index (χ1v) is 12.1. The first-order valence-electron chi connectivity index (χ1n) is 11.3. The Kier molecular flexibility index (Phi) is 6.63. The molecule has 0 saturated heterocycles. The van der Waals surface area contributed by atoms with E-state index >= 15 is 0 Å². The normalized spacial score (nSPS) is 15.1. The van der Waals surface area contributed by atoms with Crippen LogP contribution in [0.4, 0.5) is 11.4 Å². The molecule has 1 heterocycles. The predicted molar refractivity (Wildman–Crippen MR) is 141 cm³/mol. The van der Waals surface area contributed by atoms with Gasteiger partial charge >= 0.3 is 0 Å². The van der Waals surface area contributed by atoms with Crippen LogP contribution < -0.4 is 4.90 Å². The number of fused-ring (bicyclic) bond motifs is 1. The lowest BCUT2D eigenvalue weighted by molar-refractivity contribution is -0.384. The van der Waals surface area contributed by atoms with E-state index in [1.54, 1.807) is 23.1 Å². The predicted octanol–water partition coefficient (Wildman–Crippen LogP) is 7.26. The summed E-state index contributed by atoms with van der Waals surface area (Å²) in [5, 5.41) is 12.5. The quantitative estimate of drug-likeness (QED) is 0.199. The summed E-state index contributed by atoms with van der Waals surface area (Å²) in [6.45, 7) is 0.741. The summed E-state index contributed by atoms with van der Waals surface area (Å²) in [4.78, 5) is 28.8. The van der Waals surface area contributed by atoms with Crippen molar-refractivity contribution in [1.82, 2.24) is 4.90 Å². The first-order chi connectivity index (χ1) is 17.4. The third-order valence-electron chi connectivity index (χ3n) is 6.21. The zero-order valence-corrected chi connectivity index (χ0v) is 20.6. The molecule has 0 aromatic heterocycles. The van der Waals surface area contributed by atoms with E-state index < -0.39 is 11.1 Å². The summed E-state index contributed by atoms with van der Waals surface area (Å²) in [6.07, 6.45) is -0.573. The summed E-state index contributed by atoms with van der Waals surface area (Å²) in [6, 6.07) is 29.1. The Morgan fingerprint density at radius 2 is 1.39 bits per heavy atom. The van der Waals surface area contributed by atoms with Crippen LogP contribution >= 0.6 is 23.2 Å². The highest BCUT2D eigenvalue weighted by atomic mass is 35.5. The fourth-order valence-corrected chi connectivity index (χ4v) is 5.07. The van der Waals surface area contributed by atoms with Gasteiger partial charge in [0.2, 0.25) is 0 Å². The van der Waals surface area contributed by atoms with E-state index in [-0.39, 0.29) is 23.7 Å². The van der Waals surface area contributed by atoms with Crippen molar-refractivity contribution in [3.05, 3.63) is 139 Å². The fourth-order valence-electron chi connectivity index (χ4n) is 4.56. The maximum absolute atomic E-state index is 14.0. The van der Waals surface area contributed by atoms with E-state index in [0.29, 0.717) is 27.8 Å². The number of rotatable bonds is 6. The van der Waals surface area contributed by atoms with Crippen LogP contribution in [-0.4, -0.2) is 15.7 Å². The Labute approximate surface area is 218 Å². The van der Waals surface area contributed by atoms with Crippen molar-refractivity contribution >= 4 is 40.5 Å². The minimum atomic E-state index is -0.573. The number of carbonyl (C=O) groups is 1. The average Bonchev–Trinajstić information content (AvgIpc) is 2.88. The second-order valence-corrected chi connectivity index (χ2v) is 9.37. The number of nitrogens with zero attached hydrogens (tertiary/aromatic N) is 3. The van der Waals surface area contributed by atoms with Gasteiger partial charge in [-0.15, -0.1) is 0 Å². The molecule has 180 valence electrons. The minimum Gasteiger partial charge on any atom is -0.342 e. The third kappa shape index (κ3) is 4.65. The SMILES string of the molecule is O=C1c2cc([N+](=O)[O-])ccc2N(Cc2ccccc2)[C@@H](c2ccc(Cl)cc2Cl)N1Cc1ccccc1. The number of nitro benzene ring substituents is 1. The Hall–Kier alpha value is -3.87. The lowest BCUT2D eigenvalue weighted by Crippen LogP contribution is -2.49. The second kappa shape index (κ2) is 10.0. The standard InChI is InChI=1S/C28H21Cl2N3O3/c29-21-11-13-23(25(30)15-21)27-31(17-19-7-3-1-4-8-19)26-14-12-22(33(35)36)16-24(26)28(34)32(27)18-20-9-5-2-6-10-20/h1-16,27H,17-18H2/t27-/m1/s1. The van der Waals surface area contributed by atoms with Crippen LogP contribution in [0.25, 0.3) is 0 Å². The number of nitro groups is 1. The zero-order chi connectivity index (χ0) is 25.2. The number of halogens is 2. The number of benzene rings is 4. The highest BCUT2D eigenvalue weighted by Crippen LogP contribution is 2.44. The van der Waals surface area contributed by atoms with Crippen LogP contribution in [-0.2, 0) is 13.1 Å². The van der Waals surface area contributed by atoms with Crippen molar-refractivity contribution in [3.63, 3.8) is 0 Å². The van der Waals surface area contributed by atoms with Crippen molar-refractivity contribution in [1.29, 1.82) is 0 Å². The number of hydrogen-bond donors (Lipinski definition) is 0. The molecule has 0 saturated carbocycles. The molecule has 4 aromatic rings. The molecule has 6 nitrogen and oxygen atoms in total. The molecule has 8 heteroatoms. The van der Waals surface area contributed by atoms with Gasteiger partial charge < -0.3 is 9.80 Å². The van der Waals surface area contributed by atoms with Crippen molar-refractivity contribution in [3.8, 4) is 0 Å². The summed E-state index contributed by atoms with van der Waals surface area (Å²) in [5.41, 5.74) is 3.40. The molecule has 5 rings (SSSR count). The van der Waals surface area contributed by atoms with Crippen molar-refractivity contribution in [2.45, 2.75) is 19.3 Å². The molecule has 1 amide bonds. The monoisotopic (exact) mass is 517 g/mol. The van der Waals surface area contributed by atoms with Gasteiger partial charge in [-0.1, -0.05) is 89.9 Å². The van der Waals surface area contributed by atoms with E-state index in [2.05, 4.69) is 4.90 Å². The van der Waals surface area contributed by atoms with Crippen molar-refractivity contribution < 1.29 is 9.72 Å². The molecular formula is C28H21Cl2N3O3. The number of amides is 1. The minimum absolute atomic E-state index is 0.135. The van der Waals surface area contributed by atoms with Crippen LogP contribution in [0.5, 0.6) is 0 Å². The summed E-state index contributed by atoms with van der Waals surface area (Å²) in [5.74, 6) is -0.308. The fraction of sp³-hybridized carbons (Fsp3) is 0.107. The van der Waals surface area contributed by atoms with Crippen molar-refractivity contribution in [2.75, 3.05) is 4.90 Å². The maximum Gasteiger partial charge on any atom is 0.270 e. The van der Waals surface area contributed by atoms with Crippen molar-refractivity contribution in [2.24, 2.45) is 0 Å². The lowest BCUT2D eigenvalue weighted by Gasteiger charge is -2.46. The number of carbonyl (C=O) groups excluding carboxylic acids is 1. The van der Waals surface area contributed by atoms with Gasteiger partial charge in [-0.3, -0.25) is 14.9 Å². The second-order valence-electron chi connectivity index (χ2n) is 8.53. The lowest BCUT2D eigenvalue weighted by atomic mass is 9.98. The van der Waals surface area contributed by atoms with Gasteiger partial charge in [0.15, 0.2) is 0 Å². The molecule has 0 spiro atoms. The van der Waals surface area contributed by atoms with Gasteiger partial charge in [0.1, 0.15) is 6.17 Å². The van der Waals surface area contributed by atoms with Gasteiger partial charge in [-0.05, 0) is 29.3 Å². The van der Waals surface area contributed by atoms with Gasteiger partial charge in [0.05, 0.1) is 16.2 Å². The van der Waals surface area contributed by atoms with E-state index in [1.165, 1.54) is 12.1 Å². The number of non-ortho nitro benzene ring substituents is 1. The Bertz CT molecular complexity index is 1430. The Balaban J connectivity index is 1.72. The molecule has 36 heavy (non-hydrogen) atoms. The molecule has 0 unspecified atom stereocenters. The molecule has 0 radical (unpaired) electrons. The van der Waals surface area contributed by atoms with Crippen LogP contribution in [0.1, 0.15) is 33.2 Å².